The van der Waals surface area contributed by atoms with Crippen LogP contribution in [0.4, 0.5) is 0 Å². The third-order valence-electron chi connectivity index (χ3n) is 5.17. The Bertz CT molecular complexity index is 823. The Kier molecular flexibility index (Phi) is 7.76. The molecule has 6 nitrogen and oxygen atoms in total. The van der Waals surface area contributed by atoms with Crippen molar-refractivity contribution in [2.24, 2.45) is 11.7 Å². The van der Waals surface area contributed by atoms with Gasteiger partial charge < -0.3 is 20.7 Å². The number of hydrogen-bond donors (Lipinski definition) is 3. The molecule has 4 N–H and O–H groups in total. The first-order chi connectivity index (χ1) is 13.6. The molecule has 0 aliphatic rings. The predicted octanol–water partition coefficient (Wildman–Crippen LogP) is 3.05. The zero-order chi connectivity index (χ0) is 21.6. The van der Waals surface area contributed by atoms with E-state index in [1.54, 1.807) is 6.20 Å². The number of aliphatic carboxylic acids is 1. The Morgan fingerprint density at radius 2 is 1.90 bits per heavy atom. The van der Waals surface area contributed by atoms with Gasteiger partial charge in [0.25, 0.3) is 0 Å². The summed E-state index contributed by atoms with van der Waals surface area (Å²) in [6, 6.07) is 9.15. The number of rotatable bonds is 10. The molecule has 0 unspecified atom stereocenters. The second kappa shape index (κ2) is 9.85. The molecule has 0 aliphatic carbocycles. The molecule has 0 fully saturated rings. The van der Waals surface area contributed by atoms with Crippen molar-refractivity contribution in [3.63, 3.8) is 0 Å². The van der Waals surface area contributed by atoms with Gasteiger partial charge in [-0.25, -0.2) is 4.79 Å². The quantitative estimate of drug-likeness (QED) is 0.566. The molecule has 1 aromatic carbocycles. The van der Waals surface area contributed by atoms with Crippen molar-refractivity contribution in [1.82, 2.24) is 4.98 Å². The van der Waals surface area contributed by atoms with Gasteiger partial charge in [0, 0.05) is 36.2 Å². The van der Waals surface area contributed by atoms with Crippen molar-refractivity contribution in [2.75, 3.05) is 6.61 Å². The van der Waals surface area contributed by atoms with E-state index in [1.165, 1.54) is 5.56 Å². The first-order valence-electron chi connectivity index (χ1n) is 9.98. The molecule has 2 atom stereocenters. The highest BCUT2D eigenvalue weighted by molar-refractivity contribution is 5.78. The second-order valence-electron chi connectivity index (χ2n) is 8.07. The molecule has 0 saturated heterocycles. The molecule has 1 heterocycles. The molecule has 0 amide bonds. The van der Waals surface area contributed by atoms with E-state index in [-0.39, 0.29) is 12.3 Å². The van der Waals surface area contributed by atoms with Gasteiger partial charge in [-0.05, 0) is 31.7 Å². The molecule has 2 rings (SSSR count). The van der Waals surface area contributed by atoms with Gasteiger partial charge in [0.2, 0.25) is 0 Å². The summed E-state index contributed by atoms with van der Waals surface area (Å²) in [7, 11) is 0. The van der Waals surface area contributed by atoms with Crippen LogP contribution in [0.5, 0.6) is 5.75 Å². The highest BCUT2D eigenvalue weighted by Crippen LogP contribution is 2.29. The fraction of sp³-hybridized carbons (Fsp3) is 0.478. The number of carboxylic acid groups (broad SMARTS) is 1. The van der Waals surface area contributed by atoms with E-state index in [0.29, 0.717) is 24.5 Å². The number of benzene rings is 1. The molecule has 0 aliphatic heterocycles. The SMILES string of the molecule is Cc1cnc(C[C@](O)(C(=O)O)[C@@H](N)CC(C)C)c(C)c1OCCc1ccccc1. The van der Waals surface area contributed by atoms with Crippen LogP contribution in [0.1, 0.15) is 42.7 Å². The maximum atomic E-state index is 11.9. The van der Waals surface area contributed by atoms with E-state index in [2.05, 4.69) is 4.98 Å². The molecule has 0 spiro atoms. The maximum absolute atomic E-state index is 11.9. The lowest BCUT2D eigenvalue weighted by Crippen LogP contribution is -2.56. The number of aromatic nitrogens is 1. The van der Waals surface area contributed by atoms with Crippen molar-refractivity contribution in [3.8, 4) is 5.75 Å². The summed E-state index contributed by atoms with van der Waals surface area (Å²) in [5, 5.41) is 20.5. The van der Waals surface area contributed by atoms with Crippen LogP contribution in [0, 0.1) is 19.8 Å². The van der Waals surface area contributed by atoms with Crippen molar-refractivity contribution >= 4 is 5.97 Å². The second-order valence-corrected chi connectivity index (χ2v) is 8.07. The van der Waals surface area contributed by atoms with Gasteiger partial charge in [0.1, 0.15) is 5.75 Å². The Morgan fingerprint density at radius 1 is 1.24 bits per heavy atom. The van der Waals surface area contributed by atoms with Crippen LogP contribution in [-0.2, 0) is 17.6 Å². The van der Waals surface area contributed by atoms with Gasteiger partial charge >= 0.3 is 5.97 Å². The number of carboxylic acids is 1. The highest BCUT2D eigenvalue weighted by Gasteiger charge is 2.43. The summed E-state index contributed by atoms with van der Waals surface area (Å²) in [4.78, 5) is 16.2. The lowest BCUT2D eigenvalue weighted by atomic mass is 9.84. The van der Waals surface area contributed by atoms with Crippen LogP contribution in [-0.4, -0.2) is 39.4 Å². The number of nitrogens with zero attached hydrogens (tertiary/aromatic N) is 1. The molecular formula is C23H32N2O4. The minimum Gasteiger partial charge on any atom is -0.493 e. The number of carbonyl (C=O) groups is 1. The number of ether oxygens (including phenoxy) is 1. The van der Waals surface area contributed by atoms with Crippen LogP contribution in [0.15, 0.2) is 36.5 Å². The number of hydrogen-bond acceptors (Lipinski definition) is 5. The first kappa shape index (κ1) is 22.8. The number of aliphatic hydroxyl groups is 1. The largest absolute Gasteiger partial charge is 0.493 e. The lowest BCUT2D eigenvalue weighted by molar-refractivity contribution is -0.161. The van der Waals surface area contributed by atoms with E-state index in [4.69, 9.17) is 10.5 Å². The maximum Gasteiger partial charge on any atom is 0.337 e. The predicted molar refractivity (Wildman–Crippen MR) is 113 cm³/mol. The van der Waals surface area contributed by atoms with Crippen molar-refractivity contribution < 1.29 is 19.7 Å². The minimum absolute atomic E-state index is 0.167. The lowest BCUT2D eigenvalue weighted by Gasteiger charge is -2.31. The number of aryl methyl sites for hydroxylation is 1. The monoisotopic (exact) mass is 400 g/mol. The first-order valence-corrected chi connectivity index (χ1v) is 9.98. The Balaban J connectivity index is 2.20. The molecule has 0 saturated carbocycles. The number of nitrogens with two attached hydrogens (primary N) is 1. The third-order valence-corrected chi connectivity index (χ3v) is 5.17. The molecular weight excluding hydrogens is 368 g/mol. The van der Waals surface area contributed by atoms with Gasteiger partial charge in [-0.15, -0.1) is 0 Å². The normalized spacial score (nSPS) is 14.4. The molecule has 0 bridgehead atoms. The summed E-state index contributed by atoms with van der Waals surface area (Å²) < 4.78 is 6.01. The highest BCUT2D eigenvalue weighted by atomic mass is 16.5. The zero-order valence-corrected chi connectivity index (χ0v) is 17.7. The minimum atomic E-state index is -2.08. The Labute approximate surface area is 172 Å². The van der Waals surface area contributed by atoms with E-state index in [0.717, 1.165) is 17.5 Å². The van der Waals surface area contributed by atoms with E-state index >= 15 is 0 Å². The van der Waals surface area contributed by atoms with E-state index in [9.17, 15) is 15.0 Å². The van der Waals surface area contributed by atoms with Gasteiger partial charge in [-0.1, -0.05) is 44.2 Å². The van der Waals surface area contributed by atoms with Crippen molar-refractivity contribution in [1.29, 1.82) is 0 Å². The summed E-state index contributed by atoms with van der Waals surface area (Å²) >= 11 is 0. The van der Waals surface area contributed by atoms with E-state index in [1.807, 2.05) is 58.0 Å². The van der Waals surface area contributed by atoms with Gasteiger partial charge in [0.05, 0.1) is 12.3 Å². The topological polar surface area (TPSA) is 106 Å². The van der Waals surface area contributed by atoms with Gasteiger partial charge in [-0.3, -0.25) is 4.98 Å². The standard InChI is InChI=1S/C23H32N2O4/c1-15(2)12-20(24)23(28,22(26)27)13-19-17(4)21(16(3)14-25-19)29-11-10-18-8-6-5-7-9-18/h5-9,14-15,20,28H,10-13,24H2,1-4H3,(H,26,27)/t20-,23+/m0/s1. The molecule has 1 aromatic heterocycles. The average Bonchev–Trinajstić information content (AvgIpc) is 2.66. The van der Waals surface area contributed by atoms with Crippen LogP contribution in [0.3, 0.4) is 0 Å². The smallest absolute Gasteiger partial charge is 0.337 e. The zero-order valence-electron chi connectivity index (χ0n) is 17.7. The molecule has 2 aromatic rings. The van der Waals surface area contributed by atoms with Crippen LogP contribution >= 0.6 is 0 Å². The molecule has 6 heteroatoms. The van der Waals surface area contributed by atoms with Crippen molar-refractivity contribution in [2.45, 2.75) is 58.6 Å². The van der Waals surface area contributed by atoms with Gasteiger partial charge in [-0.2, -0.15) is 0 Å². The summed E-state index contributed by atoms with van der Waals surface area (Å²) in [5.74, 6) is -0.491. The Hall–Kier alpha value is -2.44. The Morgan fingerprint density at radius 3 is 2.48 bits per heavy atom. The molecule has 158 valence electrons. The fourth-order valence-corrected chi connectivity index (χ4v) is 3.40. The summed E-state index contributed by atoms with van der Waals surface area (Å²) in [6.07, 6.45) is 2.64. The average molecular weight is 401 g/mol. The fourth-order valence-electron chi connectivity index (χ4n) is 3.40. The summed E-state index contributed by atoms with van der Waals surface area (Å²) in [6.45, 7) is 8.11. The van der Waals surface area contributed by atoms with Crippen LogP contribution < -0.4 is 10.5 Å². The molecule has 0 radical (unpaired) electrons. The third kappa shape index (κ3) is 5.78. The van der Waals surface area contributed by atoms with Crippen molar-refractivity contribution in [3.05, 3.63) is 58.9 Å². The van der Waals surface area contributed by atoms with Crippen LogP contribution in [0.25, 0.3) is 0 Å². The molecule has 29 heavy (non-hydrogen) atoms. The van der Waals surface area contributed by atoms with E-state index < -0.39 is 17.6 Å². The summed E-state index contributed by atoms with van der Waals surface area (Å²) in [5.41, 5.74) is 7.25. The van der Waals surface area contributed by atoms with Crippen LogP contribution in [0.2, 0.25) is 0 Å². The van der Waals surface area contributed by atoms with Gasteiger partial charge in [0.15, 0.2) is 5.60 Å². The number of pyridine rings is 1.